The highest BCUT2D eigenvalue weighted by Crippen LogP contribution is 2.39. The molecule has 0 unspecified atom stereocenters. The molecule has 1 aliphatic heterocycles. The molecule has 5 rings (SSSR count). The Morgan fingerprint density at radius 3 is 2.67 bits per heavy atom. The Kier molecular flexibility index (Phi) is 7.42. The van der Waals surface area contributed by atoms with Crippen LogP contribution in [0.3, 0.4) is 0 Å². The minimum Gasteiger partial charge on any atom is -0.495 e. The van der Waals surface area contributed by atoms with Crippen LogP contribution in [0.15, 0.2) is 34.8 Å². The van der Waals surface area contributed by atoms with E-state index in [9.17, 15) is 13.2 Å². The summed E-state index contributed by atoms with van der Waals surface area (Å²) in [5, 5.41) is 11.9. The second-order valence-corrected chi connectivity index (χ2v) is 13.4. The Balaban J connectivity index is 1.52. The van der Waals surface area contributed by atoms with Gasteiger partial charge in [0.1, 0.15) is 5.75 Å². The van der Waals surface area contributed by atoms with Crippen LogP contribution in [-0.4, -0.2) is 78.5 Å². The van der Waals surface area contributed by atoms with Crippen LogP contribution >= 0.6 is 11.3 Å². The van der Waals surface area contributed by atoms with Crippen LogP contribution < -0.4 is 20.3 Å². The maximum Gasteiger partial charge on any atom is 0.241 e. The quantitative estimate of drug-likeness (QED) is 0.301. The number of ether oxygens (including phenoxy) is 1. The summed E-state index contributed by atoms with van der Waals surface area (Å²) >= 11 is 1.44. The number of aryl methyl sites for hydroxylation is 1. The van der Waals surface area contributed by atoms with Gasteiger partial charge in [-0.1, -0.05) is 0 Å². The third kappa shape index (κ3) is 5.21. The zero-order chi connectivity index (χ0) is 28.8. The van der Waals surface area contributed by atoms with Crippen molar-refractivity contribution < 1.29 is 17.9 Å². The van der Waals surface area contributed by atoms with Gasteiger partial charge >= 0.3 is 0 Å². The standard InChI is InChI=1S/C26H32N8O4S2/c1-15(2)40(36,37)25-19(13-33(5)31-25)27-24-23-17(8-10-39-23)28-26(30-24)29-18-12-20-16(11-21(18)38-6)7-9-34(20)22(35)14-32(3)4/h8,10-13,15H,7,9,14H2,1-6H3,(H2,27,28,29,30). The summed E-state index contributed by atoms with van der Waals surface area (Å²) < 4.78 is 33.8. The number of hydrogen-bond donors (Lipinski definition) is 2. The number of hydrogen-bond acceptors (Lipinski definition) is 11. The summed E-state index contributed by atoms with van der Waals surface area (Å²) in [7, 11) is 3.35. The molecule has 1 aliphatic rings. The molecule has 0 fully saturated rings. The molecule has 40 heavy (non-hydrogen) atoms. The van der Waals surface area contributed by atoms with Crippen molar-refractivity contribution >= 4 is 66.1 Å². The van der Waals surface area contributed by atoms with E-state index in [-0.39, 0.29) is 16.9 Å². The van der Waals surface area contributed by atoms with Crippen molar-refractivity contribution in [2.75, 3.05) is 49.8 Å². The normalized spacial score (nSPS) is 13.3. The number of nitrogens with zero attached hydrogens (tertiary/aromatic N) is 6. The van der Waals surface area contributed by atoms with Gasteiger partial charge < -0.3 is 25.2 Å². The van der Waals surface area contributed by atoms with E-state index in [2.05, 4.69) is 20.7 Å². The summed E-state index contributed by atoms with van der Waals surface area (Å²) in [6.45, 7) is 4.16. The first-order valence-electron chi connectivity index (χ1n) is 12.7. The summed E-state index contributed by atoms with van der Waals surface area (Å²) in [5.74, 6) is 1.35. The van der Waals surface area contributed by atoms with Crippen LogP contribution in [0, 0.1) is 0 Å². The molecule has 3 aromatic heterocycles. The topological polar surface area (TPSA) is 135 Å². The number of fused-ring (bicyclic) bond motifs is 2. The summed E-state index contributed by atoms with van der Waals surface area (Å²) in [5.41, 5.74) is 3.48. The van der Waals surface area contributed by atoms with Crippen LogP contribution in [0.2, 0.25) is 0 Å². The van der Waals surface area contributed by atoms with Crippen molar-refractivity contribution in [2.24, 2.45) is 7.05 Å². The van der Waals surface area contributed by atoms with Gasteiger partial charge in [0.05, 0.1) is 40.5 Å². The fourth-order valence-electron chi connectivity index (χ4n) is 4.54. The van der Waals surface area contributed by atoms with E-state index in [4.69, 9.17) is 9.72 Å². The molecule has 0 aliphatic carbocycles. The molecule has 14 heteroatoms. The second kappa shape index (κ2) is 10.7. The van der Waals surface area contributed by atoms with E-state index >= 15 is 0 Å². The maximum atomic E-state index is 13.0. The van der Waals surface area contributed by atoms with Crippen LogP contribution in [0.1, 0.15) is 19.4 Å². The average molecular weight is 585 g/mol. The lowest BCUT2D eigenvalue weighted by Gasteiger charge is -2.21. The highest BCUT2D eigenvalue weighted by Gasteiger charge is 2.29. The van der Waals surface area contributed by atoms with Gasteiger partial charge in [0.15, 0.2) is 5.82 Å². The molecule has 0 radical (unpaired) electrons. The molecule has 1 aromatic carbocycles. The van der Waals surface area contributed by atoms with E-state index in [0.717, 1.165) is 22.4 Å². The highest BCUT2D eigenvalue weighted by atomic mass is 32.2. The van der Waals surface area contributed by atoms with E-state index < -0.39 is 15.1 Å². The Morgan fingerprint density at radius 1 is 1.20 bits per heavy atom. The van der Waals surface area contributed by atoms with Gasteiger partial charge in [-0.3, -0.25) is 9.48 Å². The molecule has 2 N–H and O–H groups in total. The number of amides is 1. The van der Waals surface area contributed by atoms with Crippen molar-refractivity contribution in [3.63, 3.8) is 0 Å². The lowest BCUT2D eigenvalue weighted by molar-refractivity contribution is -0.119. The number of rotatable bonds is 9. The largest absolute Gasteiger partial charge is 0.495 e. The highest BCUT2D eigenvalue weighted by molar-refractivity contribution is 7.92. The fraction of sp³-hybridized carbons (Fsp3) is 0.385. The smallest absolute Gasteiger partial charge is 0.241 e. The number of thiophene rings is 1. The zero-order valence-electron chi connectivity index (χ0n) is 23.2. The minimum absolute atomic E-state index is 0.0194. The van der Waals surface area contributed by atoms with Crippen molar-refractivity contribution in [2.45, 2.75) is 30.5 Å². The van der Waals surface area contributed by atoms with Crippen LogP contribution in [0.4, 0.5) is 28.8 Å². The summed E-state index contributed by atoms with van der Waals surface area (Å²) in [6, 6.07) is 5.69. The second-order valence-electron chi connectivity index (χ2n) is 10.1. The molecule has 0 saturated carbocycles. The van der Waals surface area contributed by atoms with E-state index in [1.165, 1.54) is 16.0 Å². The SMILES string of the molecule is COc1cc2c(cc1Nc1nc(Nc3cn(C)nc3S(=O)(=O)C(C)C)c3sccc3n1)N(C(=O)CN(C)C)CC2. The number of carbonyl (C=O) groups excluding carboxylic acids is 1. The first kappa shape index (κ1) is 27.8. The van der Waals surface area contributed by atoms with E-state index in [1.807, 2.05) is 42.6 Å². The number of sulfone groups is 1. The van der Waals surface area contributed by atoms with Crippen molar-refractivity contribution in [1.29, 1.82) is 0 Å². The van der Waals surface area contributed by atoms with Gasteiger partial charge in [-0.25, -0.2) is 13.4 Å². The Hall–Kier alpha value is -3.75. The lowest BCUT2D eigenvalue weighted by Crippen LogP contribution is -2.36. The number of likely N-dealkylation sites (N-methyl/N-ethyl adjacent to an activating group) is 1. The number of anilines is 5. The summed E-state index contributed by atoms with van der Waals surface area (Å²) in [4.78, 5) is 25.9. The number of methoxy groups -OCH3 is 1. The third-order valence-electron chi connectivity index (χ3n) is 6.54. The first-order valence-corrected chi connectivity index (χ1v) is 15.1. The Morgan fingerprint density at radius 2 is 1.98 bits per heavy atom. The predicted octanol–water partition coefficient (Wildman–Crippen LogP) is 3.55. The molecule has 0 bridgehead atoms. The molecule has 0 saturated heterocycles. The number of nitrogens with one attached hydrogen (secondary N) is 2. The van der Waals surface area contributed by atoms with Gasteiger partial charge in [-0.15, -0.1) is 11.3 Å². The van der Waals surface area contributed by atoms with Gasteiger partial charge in [0.2, 0.25) is 26.7 Å². The number of aromatic nitrogens is 4. The number of carbonyl (C=O) groups is 1. The van der Waals surface area contributed by atoms with Crippen LogP contribution in [0.5, 0.6) is 5.75 Å². The van der Waals surface area contributed by atoms with Gasteiger partial charge in [-0.2, -0.15) is 10.1 Å². The van der Waals surface area contributed by atoms with Crippen molar-refractivity contribution in [1.82, 2.24) is 24.6 Å². The third-order valence-corrected chi connectivity index (χ3v) is 9.53. The van der Waals surface area contributed by atoms with Crippen LogP contribution in [0.25, 0.3) is 10.2 Å². The van der Waals surface area contributed by atoms with Gasteiger partial charge in [0, 0.05) is 25.5 Å². The number of benzene rings is 1. The molecule has 4 aromatic rings. The minimum atomic E-state index is -3.64. The zero-order valence-corrected chi connectivity index (χ0v) is 24.9. The Bertz CT molecular complexity index is 1690. The van der Waals surface area contributed by atoms with Crippen molar-refractivity contribution in [3.05, 3.63) is 35.3 Å². The summed E-state index contributed by atoms with van der Waals surface area (Å²) in [6.07, 6.45) is 2.36. The van der Waals surface area contributed by atoms with Gasteiger partial charge in [0.25, 0.3) is 0 Å². The molecule has 1 amide bonds. The predicted molar refractivity (Wildman–Crippen MR) is 157 cm³/mol. The maximum absolute atomic E-state index is 13.0. The molecule has 0 atom stereocenters. The molecule has 212 valence electrons. The first-order chi connectivity index (χ1) is 19.0. The molecule has 12 nitrogen and oxygen atoms in total. The molecule has 4 heterocycles. The molecular weight excluding hydrogens is 552 g/mol. The lowest BCUT2D eigenvalue weighted by atomic mass is 10.1. The average Bonchev–Trinajstić information content (AvgIpc) is 3.61. The molecule has 0 spiro atoms. The van der Waals surface area contributed by atoms with E-state index in [0.29, 0.717) is 41.5 Å². The van der Waals surface area contributed by atoms with Crippen molar-refractivity contribution in [3.8, 4) is 5.75 Å². The van der Waals surface area contributed by atoms with E-state index in [1.54, 1.807) is 39.1 Å². The van der Waals surface area contributed by atoms with Crippen LogP contribution in [-0.2, 0) is 28.1 Å². The van der Waals surface area contributed by atoms with Gasteiger partial charge in [-0.05, 0) is 63.5 Å². The monoisotopic (exact) mass is 584 g/mol. The fourth-order valence-corrected chi connectivity index (χ4v) is 6.41. The molecular formula is C26H32N8O4S2. The Labute approximate surface area is 236 Å².